The molecule has 0 spiro atoms. The predicted octanol–water partition coefficient (Wildman–Crippen LogP) is -0.416. The third kappa shape index (κ3) is 4.05. The van der Waals surface area contributed by atoms with Gasteiger partial charge in [-0.1, -0.05) is 5.16 Å². The maximum atomic E-state index is 12.3. The highest BCUT2D eigenvalue weighted by molar-refractivity contribution is 5.79. The molecule has 0 unspecified atom stereocenters. The molecule has 3 N–H and O–H groups in total. The smallest absolute Gasteiger partial charge is 0.325 e. The topological polar surface area (TPSA) is 130 Å². The first-order valence-electron chi connectivity index (χ1n) is 8.03. The number of carbonyl (C=O) groups is 1. The van der Waals surface area contributed by atoms with E-state index in [-0.39, 0.29) is 29.9 Å². The Morgan fingerprint density at radius 2 is 2.12 bits per heavy atom. The number of amides is 1. The van der Waals surface area contributed by atoms with Gasteiger partial charge in [-0.15, -0.1) is 0 Å². The predicted molar refractivity (Wildman–Crippen MR) is 87.3 cm³/mol. The Hall–Kier alpha value is -2.68. The van der Waals surface area contributed by atoms with Gasteiger partial charge in [-0.3, -0.25) is 14.6 Å². The lowest BCUT2D eigenvalue weighted by Crippen LogP contribution is -2.42. The molecule has 1 aliphatic heterocycles. The molecule has 1 fully saturated rings. The summed E-state index contributed by atoms with van der Waals surface area (Å²) in [5.41, 5.74) is 0.312. The van der Waals surface area contributed by atoms with Gasteiger partial charge in [0.1, 0.15) is 5.76 Å². The molecule has 1 aliphatic rings. The number of rotatable bonds is 5. The first kappa shape index (κ1) is 17.2. The third-order valence-electron chi connectivity index (χ3n) is 4.28. The number of hydrogen-bond acceptors (Lipinski definition) is 6. The van der Waals surface area contributed by atoms with Crippen LogP contribution in [0, 0.1) is 19.8 Å². The fraction of sp³-hybridized carbons (Fsp3) is 0.500. The molecule has 25 heavy (non-hydrogen) atoms. The molecule has 9 heteroatoms. The van der Waals surface area contributed by atoms with Gasteiger partial charge in [-0.25, -0.2) is 4.79 Å². The van der Waals surface area contributed by atoms with Gasteiger partial charge in [0.2, 0.25) is 5.91 Å². The number of nitrogens with one attached hydrogen (secondary N) is 3. The molecule has 9 nitrogen and oxygen atoms in total. The van der Waals surface area contributed by atoms with Crippen LogP contribution in [0.15, 0.2) is 20.2 Å². The lowest BCUT2D eigenvalue weighted by molar-refractivity contribution is -0.121. The molecule has 0 bridgehead atoms. The fourth-order valence-corrected chi connectivity index (χ4v) is 2.99. The van der Waals surface area contributed by atoms with Gasteiger partial charge >= 0.3 is 5.69 Å². The van der Waals surface area contributed by atoms with E-state index in [2.05, 4.69) is 20.4 Å². The molecule has 2 aromatic heterocycles. The van der Waals surface area contributed by atoms with Gasteiger partial charge in [0.25, 0.3) is 5.56 Å². The standard InChI is InChI=1S/C16H20N4O5/c1-8-3-11(25-20-8)4-10-6-24-7-13(10)18-14(21)5-12-9(2)17-16(23)19-15(12)22/h3,10,13H,4-7H2,1-2H3,(H,18,21)(H2,17,19,22,23)/t10-,13+/m0/s1. The van der Waals surface area contributed by atoms with E-state index in [4.69, 9.17) is 9.26 Å². The summed E-state index contributed by atoms with van der Waals surface area (Å²) >= 11 is 0. The third-order valence-corrected chi connectivity index (χ3v) is 4.28. The van der Waals surface area contributed by atoms with Crippen LogP contribution in [0.25, 0.3) is 0 Å². The fourth-order valence-electron chi connectivity index (χ4n) is 2.99. The molecule has 0 aromatic carbocycles. The first-order valence-corrected chi connectivity index (χ1v) is 8.03. The monoisotopic (exact) mass is 348 g/mol. The minimum absolute atomic E-state index is 0.0752. The highest BCUT2D eigenvalue weighted by Crippen LogP contribution is 2.20. The maximum absolute atomic E-state index is 12.3. The molecule has 3 heterocycles. The van der Waals surface area contributed by atoms with Gasteiger partial charge in [-0.05, 0) is 13.8 Å². The van der Waals surface area contributed by atoms with Crippen molar-refractivity contribution in [1.82, 2.24) is 20.4 Å². The molecule has 3 rings (SSSR count). The van der Waals surface area contributed by atoms with E-state index in [0.717, 1.165) is 11.5 Å². The summed E-state index contributed by atoms with van der Waals surface area (Å²) in [5, 5.41) is 6.76. The zero-order chi connectivity index (χ0) is 18.0. The Kier molecular flexibility index (Phi) is 4.84. The number of hydrogen-bond donors (Lipinski definition) is 3. The van der Waals surface area contributed by atoms with Crippen molar-refractivity contribution in [2.24, 2.45) is 5.92 Å². The number of nitrogens with zero attached hydrogens (tertiary/aromatic N) is 1. The number of carbonyl (C=O) groups excluding carboxylic acids is 1. The van der Waals surface area contributed by atoms with Crippen LogP contribution in [0.3, 0.4) is 0 Å². The second-order valence-corrected chi connectivity index (χ2v) is 6.30. The highest BCUT2D eigenvalue weighted by atomic mass is 16.5. The largest absolute Gasteiger partial charge is 0.379 e. The average Bonchev–Trinajstić information content (AvgIpc) is 3.13. The summed E-state index contributed by atoms with van der Waals surface area (Å²) in [5.74, 6) is 0.529. The zero-order valence-corrected chi connectivity index (χ0v) is 14.0. The van der Waals surface area contributed by atoms with Crippen LogP contribution >= 0.6 is 0 Å². The Morgan fingerprint density at radius 3 is 2.80 bits per heavy atom. The summed E-state index contributed by atoms with van der Waals surface area (Å²) in [6.45, 7) is 4.36. The Labute approximate surface area is 142 Å². The molecule has 1 saturated heterocycles. The molecular formula is C16H20N4O5. The van der Waals surface area contributed by atoms with Crippen LogP contribution in [-0.4, -0.2) is 40.3 Å². The van der Waals surface area contributed by atoms with Crippen LogP contribution < -0.4 is 16.6 Å². The quantitative estimate of drug-likeness (QED) is 0.673. The number of aryl methyl sites for hydroxylation is 2. The van der Waals surface area contributed by atoms with Crippen molar-refractivity contribution in [1.29, 1.82) is 0 Å². The van der Waals surface area contributed by atoms with E-state index in [1.54, 1.807) is 6.92 Å². The number of aromatic nitrogens is 3. The minimum Gasteiger partial charge on any atom is -0.379 e. The van der Waals surface area contributed by atoms with Crippen molar-refractivity contribution in [3.8, 4) is 0 Å². The summed E-state index contributed by atoms with van der Waals surface area (Å²) in [4.78, 5) is 40.0. The Bertz CT molecular complexity index is 881. The van der Waals surface area contributed by atoms with Crippen LogP contribution in [0.1, 0.15) is 22.7 Å². The van der Waals surface area contributed by atoms with E-state index in [1.807, 2.05) is 13.0 Å². The molecule has 0 aliphatic carbocycles. The molecular weight excluding hydrogens is 328 g/mol. The van der Waals surface area contributed by atoms with Gasteiger partial charge in [-0.2, -0.15) is 0 Å². The van der Waals surface area contributed by atoms with Crippen molar-refractivity contribution < 1.29 is 14.1 Å². The summed E-state index contributed by atoms with van der Waals surface area (Å²) in [6.07, 6.45) is 0.507. The Morgan fingerprint density at radius 1 is 1.32 bits per heavy atom. The molecule has 2 aromatic rings. The van der Waals surface area contributed by atoms with E-state index >= 15 is 0 Å². The molecule has 2 atom stereocenters. The number of ether oxygens (including phenoxy) is 1. The number of aromatic amines is 2. The van der Waals surface area contributed by atoms with Crippen molar-refractivity contribution in [3.05, 3.63) is 49.6 Å². The zero-order valence-electron chi connectivity index (χ0n) is 14.0. The van der Waals surface area contributed by atoms with Crippen molar-refractivity contribution in [2.75, 3.05) is 13.2 Å². The maximum Gasteiger partial charge on any atom is 0.325 e. The van der Waals surface area contributed by atoms with Gasteiger partial charge in [0.05, 0.1) is 31.4 Å². The van der Waals surface area contributed by atoms with E-state index < -0.39 is 11.2 Å². The van der Waals surface area contributed by atoms with Gasteiger partial charge < -0.3 is 19.6 Å². The highest BCUT2D eigenvalue weighted by Gasteiger charge is 2.31. The lowest BCUT2D eigenvalue weighted by Gasteiger charge is -2.18. The second kappa shape index (κ2) is 7.06. The number of H-pyrrole nitrogens is 2. The summed E-state index contributed by atoms with van der Waals surface area (Å²) < 4.78 is 10.7. The van der Waals surface area contributed by atoms with Crippen LogP contribution in [0.2, 0.25) is 0 Å². The van der Waals surface area contributed by atoms with E-state index in [9.17, 15) is 14.4 Å². The second-order valence-electron chi connectivity index (χ2n) is 6.30. The first-order chi connectivity index (χ1) is 11.9. The van der Waals surface area contributed by atoms with Crippen molar-refractivity contribution >= 4 is 5.91 Å². The molecule has 134 valence electrons. The van der Waals surface area contributed by atoms with E-state index in [1.165, 1.54) is 0 Å². The van der Waals surface area contributed by atoms with Crippen molar-refractivity contribution in [3.63, 3.8) is 0 Å². The minimum atomic E-state index is -0.585. The lowest BCUT2D eigenvalue weighted by atomic mass is 9.98. The van der Waals surface area contributed by atoms with Crippen LogP contribution in [-0.2, 0) is 22.4 Å². The van der Waals surface area contributed by atoms with Crippen molar-refractivity contribution in [2.45, 2.75) is 32.7 Å². The molecule has 1 amide bonds. The van der Waals surface area contributed by atoms with Crippen LogP contribution in [0.5, 0.6) is 0 Å². The summed E-state index contributed by atoms with van der Waals surface area (Å²) in [7, 11) is 0. The summed E-state index contributed by atoms with van der Waals surface area (Å²) in [6, 6.07) is 1.69. The van der Waals surface area contributed by atoms with Gasteiger partial charge in [0.15, 0.2) is 0 Å². The normalized spacial score (nSPS) is 19.9. The van der Waals surface area contributed by atoms with Gasteiger partial charge in [0, 0.05) is 29.7 Å². The molecule has 0 saturated carbocycles. The SMILES string of the molecule is Cc1cc(C[C@H]2COC[C@H]2NC(=O)Cc2c(C)[nH]c(=O)[nH]c2=O)on1. The van der Waals surface area contributed by atoms with E-state index in [0.29, 0.717) is 25.3 Å². The average molecular weight is 348 g/mol. The Balaban J connectivity index is 1.64. The molecule has 0 radical (unpaired) electrons. The van der Waals surface area contributed by atoms with Crippen LogP contribution in [0.4, 0.5) is 0 Å².